The highest BCUT2D eigenvalue weighted by molar-refractivity contribution is 5.94. The number of fused-ring (bicyclic) bond motifs is 1. The summed E-state index contributed by atoms with van der Waals surface area (Å²) >= 11 is 0. The van der Waals surface area contributed by atoms with Crippen molar-refractivity contribution in [1.29, 1.82) is 0 Å². The molecule has 0 spiro atoms. The van der Waals surface area contributed by atoms with Crippen molar-refractivity contribution in [2.75, 3.05) is 31.1 Å². The number of pyridine rings is 1. The van der Waals surface area contributed by atoms with E-state index >= 15 is 0 Å². The van der Waals surface area contributed by atoms with Gasteiger partial charge in [-0.1, -0.05) is 17.3 Å². The van der Waals surface area contributed by atoms with Gasteiger partial charge in [-0.15, -0.1) is 0 Å². The van der Waals surface area contributed by atoms with Crippen LogP contribution in [0.25, 0.3) is 22.4 Å². The maximum Gasteiger partial charge on any atom is 0.471 e. The molecule has 1 aromatic carbocycles. The standard InChI is InChI=1S/C21H16F3N7O2/c22-21(23,24)20-28-18(29-33-20)13-5-6-17(26-11-13)30-7-9-31(10-8-30)19(32)16-12-25-14-3-1-2-4-15(14)27-16/h1-6,11-12H,7-10H2. The van der Waals surface area contributed by atoms with Crippen molar-refractivity contribution in [3.05, 3.63) is 60.4 Å². The number of carbonyl (C=O) groups excluding carboxylic acids is 1. The smallest absolute Gasteiger partial charge is 0.353 e. The summed E-state index contributed by atoms with van der Waals surface area (Å²) < 4.78 is 42.2. The van der Waals surface area contributed by atoms with E-state index < -0.39 is 12.1 Å². The molecule has 4 heterocycles. The Hall–Kier alpha value is -4.09. The van der Waals surface area contributed by atoms with E-state index in [1.54, 1.807) is 17.0 Å². The van der Waals surface area contributed by atoms with Crippen LogP contribution >= 0.6 is 0 Å². The van der Waals surface area contributed by atoms with Gasteiger partial charge in [-0.3, -0.25) is 9.78 Å². The molecule has 1 aliphatic heterocycles. The first kappa shape index (κ1) is 20.8. The molecule has 12 heteroatoms. The van der Waals surface area contributed by atoms with Crippen molar-refractivity contribution in [3.8, 4) is 11.4 Å². The van der Waals surface area contributed by atoms with Crippen molar-refractivity contribution in [2.24, 2.45) is 0 Å². The van der Waals surface area contributed by atoms with E-state index in [9.17, 15) is 18.0 Å². The van der Waals surface area contributed by atoms with E-state index in [2.05, 4.69) is 29.6 Å². The minimum absolute atomic E-state index is 0.186. The Morgan fingerprint density at radius 2 is 1.67 bits per heavy atom. The van der Waals surface area contributed by atoms with Gasteiger partial charge in [0, 0.05) is 37.9 Å². The van der Waals surface area contributed by atoms with Crippen LogP contribution in [0.3, 0.4) is 0 Å². The van der Waals surface area contributed by atoms with Crippen LogP contribution in [0.1, 0.15) is 16.4 Å². The summed E-state index contributed by atoms with van der Waals surface area (Å²) in [5.74, 6) is -1.14. The third-order valence-corrected chi connectivity index (χ3v) is 5.23. The topological polar surface area (TPSA) is 101 Å². The first-order valence-electron chi connectivity index (χ1n) is 10.0. The van der Waals surface area contributed by atoms with Crippen molar-refractivity contribution >= 4 is 22.8 Å². The average Bonchev–Trinajstić information content (AvgIpc) is 3.35. The largest absolute Gasteiger partial charge is 0.471 e. The molecule has 1 fully saturated rings. The van der Waals surface area contributed by atoms with E-state index in [1.165, 1.54) is 12.4 Å². The molecule has 1 saturated heterocycles. The number of rotatable bonds is 3. The van der Waals surface area contributed by atoms with E-state index in [1.807, 2.05) is 29.2 Å². The van der Waals surface area contributed by atoms with Gasteiger partial charge in [0.1, 0.15) is 11.5 Å². The Bertz CT molecular complexity index is 1300. The van der Waals surface area contributed by atoms with Gasteiger partial charge in [0.25, 0.3) is 5.91 Å². The minimum Gasteiger partial charge on any atom is -0.353 e. The van der Waals surface area contributed by atoms with Gasteiger partial charge >= 0.3 is 12.1 Å². The number of hydrogen-bond donors (Lipinski definition) is 0. The molecule has 0 saturated carbocycles. The zero-order valence-corrected chi connectivity index (χ0v) is 17.0. The Morgan fingerprint density at radius 1 is 0.909 bits per heavy atom. The molecular formula is C21H16F3N7O2. The van der Waals surface area contributed by atoms with Gasteiger partial charge in [-0.2, -0.15) is 18.2 Å². The Morgan fingerprint density at radius 3 is 2.33 bits per heavy atom. The molecule has 0 unspecified atom stereocenters. The van der Waals surface area contributed by atoms with Crippen molar-refractivity contribution < 1.29 is 22.5 Å². The lowest BCUT2D eigenvalue weighted by Gasteiger charge is -2.35. The fourth-order valence-electron chi connectivity index (χ4n) is 3.52. The van der Waals surface area contributed by atoms with E-state index in [0.29, 0.717) is 48.8 Å². The third kappa shape index (κ3) is 4.19. The second-order valence-electron chi connectivity index (χ2n) is 7.35. The minimum atomic E-state index is -4.70. The van der Waals surface area contributed by atoms with Crippen LogP contribution in [-0.4, -0.2) is 62.1 Å². The fourth-order valence-corrected chi connectivity index (χ4v) is 3.52. The molecule has 4 aromatic rings. The number of alkyl halides is 3. The molecule has 1 aliphatic rings. The highest BCUT2D eigenvalue weighted by Gasteiger charge is 2.38. The van der Waals surface area contributed by atoms with Gasteiger partial charge in [-0.05, 0) is 24.3 Å². The summed E-state index contributed by atoms with van der Waals surface area (Å²) in [4.78, 5) is 32.9. The van der Waals surface area contributed by atoms with E-state index in [4.69, 9.17) is 0 Å². The summed E-state index contributed by atoms with van der Waals surface area (Å²) in [5, 5.41) is 3.36. The van der Waals surface area contributed by atoms with Gasteiger partial charge < -0.3 is 14.3 Å². The molecule has 0 bridgehead atoms. The van der Waals surface area contributed by atoms with E-state index in [0.717, 1.165) is 5.52 Å². The van der Waals surface area contributed by atoms with Crippen LogP contribution in [0.5, 0.6) is 0 Å². The van der Waals surface area contributed by atoms with Crippen LogP contribution in [0.15, 0.2) is 53.3 Å². The predicted octanol–water partition coefficient (Wildman–Crippen LogP) is 3.06. The summed E-state index contributed by atoms with van der Waals surface area (Å²) in [7, 11) is 0. The van der Waals surface area contributed by atoms with Gasteiger partial charge in [0.2, 0.25) is 5.82 Å². The van der Waals surface area contributed by atoms with Crippen LogP contribution in [-0.2, 0) is 6.18 Å². The molecule has 5 rings (SSSR count). The molecule has 9 nitrogen and oxygen atoms in total. The van der Waals surface area contributed by atoms with Crippen LogP contribution in [0.4, 0.5) is 19.0 Å². The summed E-state index contributed by atoms with van der Waals surface area (Å²) in [5.41, 5.74) is 1.99. The van der Waals surface area contributed by atoms with E-state index in [-0.39, 0.29) is 11.7 Å². The molecule has 168 valence electrons. The zero-order chi connectivity index (χ0) is 23.0. The number of para-hydroxylation sites is 2. The normalized spacial score (nSPS) is 14.6. The second kappa shape index (κ2) is 8.11. The van der Waals surface area contributed by atoms with Crippen LogP contribution in [0.2, 0.25) is 0 Å². The zero-order valence-electron chi connectivity index (χ0n) is 17.0. The van der Waals surface area contributed by atoms with Crippen molar-refractivity contribution in [3.63, 3.8) is 0 Å². The third-order valence-electron chi connectivity index (χ3n) is 5.23. The number of benzene rings is 1. The number of carbonyl (C=O) groups is 1. The Balaban J connectivity index is 1.23. The lowest BCUT2D eigenvalue weighted by Crippen LogP contribution is -2.49. The maximum atomic E-state index is 12.8. The number of halogens is 3. The van der Waals surface area contributed by atoms with Crippen LogP contribution in [0, 0.1) is 0 Å². The Kier molecular flexibility index (Phi) is 5.11. The average molecular weight is 455 g/mol. The molecule has 0 N–H and O–H groups in total. The SMILES string of the molecule is O=C(c1cnc2ccccc2n1)N1CCN(c2ccc(-c3noc(C(F)(F)F)n3)cn2)CC1. The lowest BCUT2D eigenvalue weighted by molar-refractivity contribution is -0.159. The van der Waals surface area contributed by atoms with Crippen molar-refractivity contribution in [1.82, 2.24) is 30.0 Å². The summed E-state index contributed by atoms with van der Waals surface area (Å²) in [6.45, 7) is 2.02. The number of nitrogens with zero attached hydrogens (tertiary/aromatic N) is 7. The maximum absolute atomic E-state index is 12.8. The lowest BCUT2D eigenvalue weighted by atomic mass is 10.2. The highest BCUT2D eigenvalue weighted by atomic mass is 19.4. The highest BCUT2D eigenvalue weighted by Crippen LogP contribution is 2.29. The molecule has 1 amide bonds. The van der Waals surface area contributed by atoms with Crippen molar-refractivity contribution in [2.45, 2.75) is 6.18 Å². The number of piperazine rings is 1. The molecular weight excluding hydrogens is 439 g/mol. The molecule has 0 atom stereocenters. The van der Waals surface area contributed by atoms with Crippen LogP contribution < -0.4 is 4.90 Å². The second-order valence-corrected chi connectivity index (χ2v) is 7.35. The first-order valence-corrected chi connectivity index (χ1v) is 10.0. The first-order chi connectivity index (χ1) is 15.9. The summed E-state index contributed by atoms with van der Waals surface area (Å²) in [6.07, 6.45) is -1.82. The number of aromatic nitrogens is 5. The molecule has 3 aromatic heterocycles. The summed E-state index contributed by atoms with van der Waals surface area (Å²) in [6, 6.07) is 10.6. The Labute approximate surface area is 184 Å². The quantitative estimate of drug-likeness (QED) is 0.465. The van der Waals surface area contributed by atoms with Gasteiger partial charge in [-0.25, -0.2) is 9.97 Å². The number of hydrogen-bond acceptors (Lipinski definition) is 8. The number of anilines is 1. The predicted molar refractivity (Wildman–Crippen MR) is 110 cm³/mol. The molecule has 0 aliphatic carbocycles. The monoisotopic (exact) mass is 455 g/mol. The fraction of sp³-hybridized carbons (Fsp3) is 0.238. The van der Waals surface area contributed by atoms with Gasteiger partial charge in [0.05, 0.1) is 17.2 Å². The molecule has 33 heavy (non-hydrogen) atoms. The number of amides is 1. The van der Waals surface area contributed by atoms with Gasteiger partial charge in [0.15, 0.2) is 0 Å². The molecule has 0 radical (unpaired) electrons.